The molecule has 1 aliphatic heterocycles. The van der Waals surface area contributed by atoms with Gasteiger partial charge in [-0.1, -0.05) is 70.5 Å². The first-order valence-corrected chi connectivity index (χ1v) is 9.81. The van der Waals surface area contributed by atoms with Crippen molar-refractivity contribution in [1.82, 2.24) is 9.91 Å². The smallest absolute Gasteiger partial charge is 0.0542 e. The minimum absolute atomic E-state index is 0.970. The molecule has 0 bridgehead atoms. The first-order valence-electron chi connectivity index (χ1n) is 9.01. The SMILES string of the molecule is Brc1ccc(C=NN2CCN(Cc3cccc4ccccc34)CC2)cc1. The molecule has 4 rings (SSSR count). The maximum Gasteiger partial charge on any atom is 0.0542 e. The van der Waals surface area contributed by atoms with Gasteiger partial charge in [-0.05, 0) is 34.0 Å². The van der Waals surface area contributed by atoms with Gasteiger partial charge >= 0.3 is 0 Å². The third-order valence-corrected chi connectivity index (χ3v) is 5.39. The molecule has 0 saturated carbocycles. The van der Waals surface area contributed by atoms with Gasteiger partial charge in [0.1, 0.15) is 0 Å². The van der Waals surface area contributed by atoms with E-state index < -0.39 is 0 Å². The van der Waals surface area contributed by atoms with E-state index in [0.29, 0.717) is 0 Å². The van der Waals surface area contributed by atoms with Gasteiger partial charge in [-0.25, -0.2) is 0 Å². The Morgan fingerprint density at radius 2 is 1.58 bits per heavy atom. The van der Waals surface area contributed by atoms with Crippen molar-refractivity contribution in [2.24, 2.45) is 5.10 Å². The van der Waals surface area contributed by atoms with Crippen LogP contribution in [0.3, 0.4) is 0 Å². The summed E-state index contributed by atoms with van der Waals surface area (Å²) in [4.78, 5) is 2.52. The van der Waals surface area contributed by atoms with Crippen molar-refractivity contribution >= 4 is 32.9 Å². The molecule has 3 aromatic carbocycles. The summed E-state index contributed by atoms with van der Waals surface area (Å²) in [5.41, 5.74) is 2.54. The van der Waals surface area contributed by atoms with Crippen LogP contribution in [0, 0.1) is 0 Å². The van der Waals surface area contributed by atoms with E-state index in [-0.39, 0.29) is 0 Å². The molecule has 4 heteroatoms. The zero-order valence-electron chi connectivity index (χ0n) is 14.7. The van der Waals surface area contributed by atoms with Gasteiger partial charge in [0.05, 0.1) is 6.21 Å². The Morgan fingerprint density at radius 1 is 0.846 bits per heavy atom. The van der Waals surface area contributed by atoms with Crippen LogP contribution in [-0.4, -0.2) is 42.3 Å². The normalized spacial score (nSPS) is 15.8. The first kappa shape index (κ1) is 17.3. The van der Waals surface area contributed by atoms with Gasteiger partial charge in [0.2, 0.25) is 0 Å². The Kier molecular flexibility index (Phi) is 5.32. The zero-order valence-corrected chi connectivity index (χ0v) is 16.3. The summed E-state index contributed by atoms with van der Waals surface area (Å²) in [6, 6.07) is 23.5. The molecule has 132 valence electrons. The number of piperazine rings is 1. The molecule has 26 heavy (non-hydrogen) atoms. The molecule has 1 heterocycles. The molecule has 1 saturated heterocycles. The number of nitrogens with zero attached hydrogens (tertiary/aromatic N) is 3. The number of hydrogen-bond acceptors (Lipinski definition) is 3. The second kappa shape index (κ2) is 8.02. The highest BCUT2D eigenvalue weighted by Crippen LogP contribution is 2.20. The third-order valence-electron chi connectivity index (χ3n) is 4.86. The standard InChI is InChI=1S/C22H22BrN3/c23-21-10-8-18(9-11-21)16-24-26-14-12-25(13-15-26)17-20-6-3-5-19-4-1-2-7-22(19)20/h1-11,16H,12-15,17H2. The highest BCUT2D eigenvalue weighted by atomic mass is 79.9. The lowest BCUT2D eigenvalue weighted by molar-refractivity contribution is 0.131. The van der Waals surface area contributed by atoms with E-state index in [4.69, 9.17) is 0 Å². The van der Waals surface area contributed by atoms with Crippen molar-refractivity contribution in [3.8, 4) is 0 Å². The van der Waals surface area contributed by atoms with Crippen molar-refractivity contribution in [2.45, 2.75) is 6.54 Å². The Bertz CT molecular complexity index is 891. The van der Waals surface area contributed by atoms with Crippen molar-refractivity contribution in [3.63, 3.8) is 0 Å². The zero-order chi connectivity index (χ0) is 17.8. The predicted molar refractivity (Wildman–Crippen MR) is 113 cm³/mol. The number of rotatable bonds is 4. The molecule has 0 aromatic heterocycles. The van der Waals surface area contributed by atoms with E-state index in [2.05, 4.69) is 85.5 Å². The summed E-state index contributed by atoms with van der Waals surface area (Å²) in [6.07, 6.45) is 1.95. The summed E-state index contributed by atoms with van der Waals surface area (Å²) in [5, 5.41) is 9.50. The maximum atomic E-state index is 4.64. The Morgan fingerprint density at radius 3 is 2.38 bits per heavy atom. The summed E-state index contributed by atoms with van der Waals surface area (Å²) in [6.45, 7) is 5.03. The molecule has 3 nitrogen and oxygen atoms in total. The highest BCUT2D eigenvalue weighted by Gasteiger charge is 2.16. The number of fused-ring (bicyclic) bond motifs is 1. The molecular weight excluding hydrogens is 386 g/mol. The molecular formula is C22H22BrN3. The topological polar surface area (TPSA) is 18.8 Å². The van der Waals surface area contributed by atoms with Gasteiger partial charge in [0.25, 0.3) is 0 Å². The highest BCUT2D eigenvalue weighted by molar-refractivity contribution is 9.10. The third kappa shape index (κ3) is 4.14. The minimum Gasteiger partial charge on any atom is -0.295 e. The number of hydrazone groups is 1. The molecule has 1 aliphatic rings. The van der Waals surface area contributed by atoms with E-state index in [9.17, 15) is 0 Å². The molecule has 0 radical (unpaired) electrons. The molecule has 0 spiro atoms. The lowest BCUT2D eigenvalue weighted by Gasteiger charge is -2.33. The van der Waals surface area contributed by atoms with Gasteiger partial charge in [-0.15, -0.1) is 0 Å². The van der Waals surface area contributed by atoms with Crippen LogP contribution in [0.25, 0.3) is 10.8 Å². The monoisotopic (exact) mass is 407 g/mol. The van der Waals surface area contributed by atoms with Crippen LogP contribution in [0.15, 0.2) is 76.3 Å². The Labute approximate surface area is 163 Å². The summed E-state index contributed by atoms with van der Waals surface area (Å²) in [7, 11) is 0. The first-order chi connectivity index (χ1) is 12.8. The van der Waals surface area contributed by atoms with Crippen LogP contribution in [0.4, 0.5) is 0 Å². The fourth-order valence-electron chi connectivity index (χ4n) is 3.38. The van der Waals surface area contributed by atoms with Gasteiger partial charge < -0.3 is 0 Å². The van der Waals surface area contributed by atoms with Crippen LogP contribution in [0.5, 0.6) is 0 Å². The van der Waals surface area contributed by atoms with Gasteiger partial charge in [-0.2, -0.15) is 5.10 Å². The van der Waals surface area contributed by atoms with E-state index in [0.717, 1.165) is 42.8 Å². The van der Waals surface area contributed by atoms with Crippen molar-refractivity contribution < 1.29 is 0 Å². The average molecular weight is 408 g/mol. The van der Waals surface area contributed by atoms with E-state index in [1.54, 1.807) is 0 Å². The molecule has 0 unspecified atom stereocenters. The van der Waals surface area contributed by atoms with E-state index in [1.807, 2.05) is 18.3 Å². The lowest BCUT2D eigenvalue weighted by Crippen LogP contribution is -2.43. The fourth-order valence-corrected chi connectivity index (χ4v) is 3.64. The van der Waals surface area contributed by atoms with Gasteiger partial charge in [0, 0.05) is 37.2 Å². The average Bonchev–Trinajstić information content (AvgIpc) is 2.69. The molecule has 0 N–H and O–H groups in total. The maximum absolute atomic E-state index is 4.64. The number of hydrogen-bond donors (Lipinski definition) is 0. The number of halogens is 1. The van der Waals surface area contributed by atoms with E-state index >= 15 is 0 Å². The summed E-state index contributed by atoms with van der Waals surface area (Å²) >= 11 is 3.46. The Hall–Kier alpha value is -2.17. The largest absolute Gasteiger partial charge is 0.295 e. The van der Waals surface area contributed by atoms with Crippen molar-refractivity contribution in [2.75, 3.05) is 26.2 Å². The van der Waals surface area contributed by atoms with Crippen LogP contribution < -0.4 is 0 Å². The quantitative estimate of drug-likeness (QED) is 0.580. The fraction of sp³-hybridized carbons (Fsp3) is 0.227. The van der Waals surface area contributed by atoms with Gasteiger partial charge in [-0.3, -0.25) is 9.91 Å². The van der Waals surface area contributed by atoms with Crippen LogP contribution in [0.1, 0.15) is 11.1 Å². The van der Waals surface area contributed by atoms with Crippen molar-refractivity contribution in [1.29, 1.82) is 0 Å². The van der Waals surface area contributed by atoms with E-state index in [1.165, 1.54) is 16.3 Å². The van der Waals surface area contributed by atoms with Crippen LogP contribution >= 0.6 is 15.9 Å². The second-order valence-corrected chi connectivity index (χ2v) is 7.58. The van der Waals surface area contributed by atoms with Crippen LogP contribution in [0.2, 0.25) is 0 Å². The van der Waals surface area contributed by atoms with Crippen molar-refractivity contribution in [3.05, 3.63) is 82.3 Å². The molecule has 0 aliphatic carbocycles. The summed E-state index contributed by atoms with van der Waals surface area (Å²) < 4.78 is 1.09. The summed E-state index contributed by atoms with van der Waals surface area (Å²) in [5.74, 6) is 0. The second-order valence-electron chi connectivity index (χ2n) is 6.66. The molecule has 0 atom stereocenters. The molecule has 0 amide bonds. The predicted octanol–water partition coefficient (Wildman–Crippen LogP) is 4.75. The van der Waals surface area contributed by atoms with Gasteiger partial charge in [0.15, 0.2) is 0 Å². The molecule has 1 fully saturated rings. The lowest BCUT2D eigenvalue weighted by atomic mass is 10.0. The number of benzene rings is 3. The molecule has 3 aromatic rings. The van der Waals surface area contributed by atoms with Crippen LogP contribution in [-0.2, 0) is 6.54 Å². The minimum atomic E-state index is 0.970. The Balaban J connectivity index is 1.35.